The summed E-state index contributed by atoms with van der Waals surface area (Å²) in [5, 5.41) is 4.96. The number of para-hydroxylation sites is 2. The first kappa shape index (κ1) is 23.9. The van der Waals surface area contributed by atoms with Crippen molar-refractivity contribution in [2.24, 2.45) is 0 Å². The Hall–Kier alpha value is -3.46. The summed E-state index contributed by atoms with van der Waals surface area (Å²) in [7, 11) is -3.81. The lowest BCUT2D eigenvalue weighted by atomic mass is 10.1. The van der Waals surface area contributed by atoms with Gasteiger partial charge >= 0.3 is 0 Å². The maximum Gasteiger partial charge on any atom is 0.255 e. The van der Waals surface area contributed by atoms with Crippen LogP contribution in [0.1, 0.15) is 35.4 Å². The second-order valence-corrected chi connectivity index (χ2v) is 11.6. The molecule has 1 aliphatic heterocycles. The first-order valence-electron chi connectivity index (χ1n) is 12.3. The lowest BCUT2D eigenvalue weighted by Gasteiger charge is -2.26. The van der Waals surface area contributed by atoms with Gasteiger partial charge in [0.05, 0.1) is 27.3 Å². The Labute approximate surface area is 219 Å². The molecule has 1 aliphatic rings. The maximum atomic E-state index is 13.6. The molecular weight excluding hydrogens is 508 g/mol. The average molecular weight is 533 g/mol. The summed E-state index contributed by atoms with van der Waals surface area (Å²) in [6.45, 7) is 2.85. The van der Waals surface area contributed by atoms with Crippen LogP contribution < -0.4 is 5.32 Å². The quantitative estimate of drug-likeness (QED) is 0.306. The number of piperidine rings is 1. The number of anilines is 1. The van der Waals surface area contributed by atoms with Gasteiger partial charge in [0.2, 0.25) is 10.0 Å². The van der Waals surface area contributed by atoms with Gasteiger partial charge in [-0.25, -0.2) is 13.4 Å². The molecule has 6 rings (SSSR count). The third kappa shape index (κ3) is 3.96. The van der Waals surface area contributed by atoms with Crippen LogP contribution in [0.4, 0.5) is 5.69 Å². The highest BCUT2D eigenvalue weighted by Crippen LogP contribution is 2.37. The predicted octanol–water partition coefficient (Wildman–Crippen LogP) is 6.03. The molecule has 1 saturated heterocycles. The Bertz CT molecular complexity index is 1810. The van der Waals surface area contributed by atoms with E-state index in [1.807, 2.05) is 59.9 Å². The zero-order valence-electron chi connectivity index (χ0n) is 20.2. The molecular formula is C28H25ClN4O3S. The highest BCUT2D eigenvalue weighted by molar-refractivity contribution is 7.89. The highest BCUT2D eigenvalue weighted by Gasteiger charge is 2.29. The summed E-state index contributed by atoms with van der Waals surface area (Å²) in [5.41, 5.74) is 3.46. The minimum Gasteiger partial charge on any atom is -0.320 e. The molecule has 0 atom stereocenters. The minimum absolute atomic E-state index is 0.0409. The van der Waals surface area contributed by atoms with E-state index in [1.165, 1.54) is 16.4 Å². The molecule has 0 saturated carbocycles. The van der Waals surface area contributed by atoms with Gasteiger partial charge in [-0.1, -0.05) is 54.4 Å². The first-order chi connectivity index (χ1) is 17.9. The number of aromatic nitrogens is 2. The van der Waals surface area contributed by atoms with Crippen LogP contribution in [-0.2, 0) is 10.0 Å². The van der Waals surface area contributed by atoms with E-state index in [0.717, 1.165) is 52.4 Å². The molecule has 0 bridgehead atoms. The van der Waals surface area contributed by atoms with E-state index in [0.29, 0.717) is 18.8 Å². The normalized spacial score (nSPS) is 15.0. The SMILES string of the molecule is Cc1nc2ccccc2c2c(NC(=O)c3ccc(Cl)c(S(=O)(=O)N4CCCCC4)c3)c3ccccc3n12. The van der Waals surface area contributed by atoms with Crippen molar-refractivity contribution >= 4 is 60.5 Å². The number of rotatable bonds is 4. The molecule has 0 aliphatic carbocycles. The summed E-state index contributed by atoms with van der Waals surface area (Å²) in [6.07, 6.45) is 2.63. The number of amides is 1. The fraction of sp³-hybridized carbons (Fsp3) is 0.214. The monoisotopic (exact) mass is 532 g/mol. The summed E-state index contributed by atoms with van der Waals surface area (Å²) in [5.74, 6) is 0.385. The molecule has 1 N–H and O–H groups in total. The number of benzene rings is 3. The molecule has 5 aromatic rings. The van der Waals surface area contributed by atoms with Gasteiger partial charge in [-0.15, -0.1) is 0 Å². The Kier molecular flexibility index (Phi) is 5.90. The smallest absolute Gasteiger partial charge is 0.255 e. The molecule has 1 amide bonds. The molecule has 1 fully saturated rings. The van der Waals surface area contributed by atoms with E-state index >= 15 is 0 Å². The van der Waals surface area contributed by atoms with Gasteiger partial charge in [0.25, 0.3) is 5.91 Å². The topological polar surface area (TPSA) is 83.8 Å². The van der Waals surface area contributed by atoms with Crippen molar-refractivity contribution in [3.05, 3.63) is 83.1 Å². The molecule has 0 unspecified atom stereocenters. The van der Waals surface area contributed by atoms with Gasteiger partial charge in [-0.05, 0) is 50.1 Å². The van der Waals surface area contributed by atoms with Gasteiger partial charge < -0.3 is 5.32 Å². The number of hydrogen-bond donors (Lipinski definition) is 1. The number of carbonyl (C=O) groups excluding carboxylic acids is 1. The van der Waals surface area contributed by atoms with Crippen molar-refractivity contribution in [1.82, 2.24) is 13.7 Å². The number of sulfonamides is 1. The van der Waals surface area contributed by atoms with Crippen LogP contribution in [-0.4, -0.2) is 41.1 Å². The fourth-order valence-corrected chi connectivity index (χ4v) is 7.24. The van der Waals surface area contributed by atoms with Crippen molar-refractivity contribution in [1.29, 1.82) is 0 Å². The van der Waals surface area contributed by atoms with Crippen LogP contribution in [0.15, 0.2) is 71.6 Å². The Morgan fingerprint density at radius 2 is 1.65 bits per heavy atom. The number of aryl methyl sites for hydroxylation is 1. The number of fused-ring (bicyclic) bond motifs is 5. The summed E-state index contributed by atoms with van der Waals surface area (Å²) >= 11 is 6.34. The molecule has 0 spiro atoms. The van der Waals surface area contributed by atoms with Crippen LogP contribution in [0, 0.1) is 6.92 Å². The van der Waals surface area contributed by atoms with Crippen LogP contribution >= 0.6 is 11.6 Å². The standard InChI is InChI=1S/C28H25ClN4O3S/c1-18-30-23-11-5-3-9-20(23)27-26(21-10-4-6-12-24(21)33(18)27)31-28(34)19-13-14-22(29)25(17-19)37(35,36)32-15-7-2-8-16-32/h3-6,9-14,17H,2,7-8,15-16H2,1H3,(H,31,34). The lowest BCUT2D eigenvalue weighted by Crippen LogP contribution is -2.35. The van der Waals surface area contributed by atoms with E-state index < -0.39 is 15.9 Å². The highest BCUT2D eigenvalue weighted by atomic mass is 35.5. The van der Waals surface area contributed by atoms with Gasteiger partial charge in [0, 0.05) is 29.4 Å². The van der Waals surface area contributed by atoms with Crippen molar-refractivity contribution < 1.29 is 13.2 Å². The van der Waals surface area contributed by atoms with E-state index in [4.69, 9.17) is 16.6 Å². The van der Waals surface area contributed by atoms with Crippen LogP contribution in [0.2, 0.25) is 5.02 Å². The van der Waals surface area contributed by atoms with Gasteiger partial charge in [0.1, 0.15) is 10.7 Å². The van der Waals surface area contributed by atoms with Crippen molar-refractivity contribution in [3.8, 4) is 0 Å². The number of nitrogens with one attached hydrogen (secondary N) is 1. The number of halogens is 1. The largest absolute Gasteiger partial charge is 0.320 e. The van der Waals surface area contributed by atoms with E-state index in [1.54, 1.807) is 6.07 Å². The number of nitrogens with zero attached hydrogens (tertiary/aromatic N) is 3. The molecule has 37 heavy (non-hydrogen) atoms. The Balaban J connectivity index is 1.48. The maximum absolute atomic E-state index is 13.6. The summed E-state index contributed by atoms with van der Waals surface area (Å²) < 4.78 is 30.2. The van der Waals surface area contributed by atoms with Crippen molar-refractivity contribution in [3.63, 3.8) is 0 Å². The first-order valence-corrected chi connectivity index (χ1v) is 14.1. The molecule has 3 heterocycles. The van der Waals surface area contributed by atoms with Gasteiger partial charge in [0.15, 0.2) is 0 Å². The van der Waals surface area contributed by atoms with E-state index in [2.05, 4.69) is 5.32 Å². The molecule has 7 nitrogen and oxygen atoms in total. The zero-order valence-corrected chi connectivity index (χ0v) is 21.8. The third-order valence-corrected chi connectivity index (χ3v) is 9.38. The van der Waals surface area contributed by atoms with E-state index in [-0.39, 0.29) is 15.5 Å². The Morgan fingerprint density at radius 1 is 0.946 bits per heavy atom. The molecule has 2 aromatic heterocycles. The third-order valence-electron chi connectivity index (χ3n) is 7.00. The molecule has 3 aromatic carbocycles. The summed E-state index contributed by atoms with van der Waals surface area (Å²) in [6, 6.07) is 20.1. The fourth-order valence-electron chi connectivity index (χ4n) is 5.23. The minimum atomic E-state index is -3.81. The molecule has 0 radical (unpaired) electrons. The molecule has 188 valence electrons. The lowest BCUT2D eigenvalue weighted by molar-refractivity contribution is 0.102. The van der Waals surface area contributed by atoms with Crippen LogP contribution in [0.3, 0.4) is 0 Å². The van der Waals surface area contributed by atoms with E-state index in [9.17, 15) is 13.2 Å². The Morgan fingerprint density at radius 3 is 2.43 bits per heavy atom. The van der Waals surface area contributed by atoms with Crippen molar-refractivity contribution in [2.45, 2.75) is 31.1 Å². The molecule has 9 heteroatoms. The second kappa shape index (κ2) is 9.13. The second-order valence-electron chi connectivity index (χ2n) is 9.32. The van der Waals surface area contributed by atoms with Gasteiger partial charge in [-0.2, -0.15) is 4.31 Å². The van der Waals surface area contributed by atoms with Crippen molar-refractivity contribution in [2.75, 3.05) is 18.4 Å². The van der Waals surface area contributed by atoms with Crippen LogP contribution in [0.25, 0.3) is 27.3 Å². The number of carbonyl (C=O) groups is 1. The number of hydrogen-bond acceptors (Lipinski definition) is 4. The predicted molar refractivity (Wildman–Crippen MR) is 147 cm³/mol. The average Bonchev–Trinajstić information content (AvgIpc) is 3.24. The summed E-state index contributed by atoms with van der Waals surface area (Å²) in [4.78, 5) is 18.3. The van der Waals surface area contributed by atoms with Crippen LogP contribution in [0.5, 0.6) is 0 Å². The zero-order chi connectivity index (χ0) is 25.7. The van der Waals surface area contributed by atoms with Gasteiger partial charge in [-0.3, -0.25) is 9.20 Å².